The van der Waals surface area contributed by atoms with Gasteiger partial charge in [-0.15, -0.1) is 0 Å². The standard InChI is InChI=1S/C17H19NO4S/c1-4-13-8-9-14(17(19)20)11-16(13)23(21,22)18(3)15-7-5-6-12(2)10-15/h5-11H,4H2,1-3H3,(H,19,20). The number of benzene rings is 2. The first-order chi connectivity index (χ1) is 10.8. The van der Waals surface area contributed by atoms with Crippen molar-refractivity contribution in [1.29, 1.82) is 0 Å². The highest BCUT2D eigenvalue weighted by Crippen LogP contribution is 2.26. The van der Waals surface area contributed by atoms with Crippen molar-refractivity contribution in [2.24, 2.45) is 0 Å². The molecule has 0 heterocycles. The molecule has 0 radical (unpaired) electrons. The molecule has 0 saturated heterocycles. The Morgan fingerprint density at radius 2 is 1.87 bits per heavy atom. The molecular weight excluding hydrogens is 314 g/mol. The Labute approximate surface area is 136 Å². The van der Waals surface area contributed by atoms with Crippen molar-refractivity contribution in [3.8, 4) is 0 Å². The quantitative estimate of drug-likeness (QED) is 0.912. The lowest BCUT2D eigenvalue weighted by molar-refractivity contribution is 0.0696. The van der Waals surface area contributed by atoms with Crippen LogP contribution in [0.15, 0.2) is 47.4 Å². The summed E-state index contributed by atoms with van der Waals surface area (Å²) in [5, 5.41) is 9.12. The van der Waals surface area contributed by atoms with Crippen molar-refractivity contribution in [3.05, 3.63) is 59.2 Å². The first kappa shape index (κ1) is 17.0. The van der Waals surface area contributed by atoms with E-state index in [-0.39, 0.29) is 10.5 Å². The molecule has 2 aromatic carbocycles. The maximum absolute atomic E-state index is 12.9. The van der Waals surface area contributed by atoms with Crippen LogP contribution in [0.3, 0.4) is 0 Å². The van der Waals surface area contributed by atoms with E-state index >= 15 is 0 Å². The number of carboxylic acids is 1. The largest absolute Gasteiger partial charge is 0.478 e. The van der Waals surface area contributed by atoms with Gasteiger partial charge in [0.05, 0.1) is 16.1 Å². The Balaban J connectivity index is 2.58. The number of carbonyl (C=O) groups is 1. The fraction of sp³-hybridized carbons (Fsp3) is 0.235. The van der Waals surface area contributed by atoms with Gasteiger partial charge in [0.2, 0.25) is 0 Å². The molecule has 0 unspecified atom stereocenters. The van der Waals surface area contributed by atoms with E-state index in [1.807, 2.05) is 19.9 Å². The van der Waals surface area contributed by atoms with Crippen LogP contribution in [-0.2, 0) is 16.4 Å². The zero-order valence-electron chi connectivity index (χ0n) is 13.3. The Bertz CT molecular complexity index is 843. The van der Waals surface area contributed by atoms with Crippen LogP contribution in [0.5, 0.6) is 0 Å². The smallest absolute Gasteiger partial charge is 0.335 e. The molecule has 2 rings (SSSR count). The number of rotatable bonds is 5. The minimum absolute atomic E-state index is 0.0314. The Kier molecular flexibility index (Phi) is 4.75. The predicted octanol–water partition coefficient (Wildman–Crippen LogP) is 3.08. The van der Waals surface area contributed by atoms with E-state index in [9.17, 15) is 13.2 Å². The maximum atomic E-state index is 12.9. The molecule has 0 saturated carbocycles. The van der Waals surface area contributed by atoms with Gasteiger partial charge in [0.1, 0.15) is 0 Å². The molecule has 0 fully saturated rings. The van der Waals surface area contributed by atoms with E-state index in [2.05, 4.69) is 0 Å². The van der Waals surface area contributed by atoms with Crippen LogP contribution in [0.2, 0.25) is 0 Å². The fourth-order valence-electron chi connectivity index (χ4n) is 2.33. The number of anilines is 1. The molecule has 6 heteroatoms. The average Bonchev–Trinajstić information content (AvgIpc) is 2.53. The van der Waals surface area contributed by atoms with Gasteiger partial charge < -0.3 is 5.11 Å². The maximum Gasteiger partial charge on any atom is 0.335 e. The third-order valence-corrected chi connectivity index (χ3v) is 5.57. The van der Waals surface area contributed by atoms with Crippen LogP contribution in [0, 0.1) is 6.92 Å². The number of aromatic carboxylic acids is 1. The zero-order chi connectivity index (χ0) is 17.2. The first-order valence-electron chi connectivity index (χ1n) is 7.19. The van der Waals surface area contributed by atoms with Gasteiger partial charge in [-0.3, -0.25) is 4.31 Å². The summed E-state index contributed by atoms with van der Waals surface area (Å²) in [5.41, 5.74) is 2.03. The Hall–Kier alpha value is -2.34. The van der Waals surface area contributed by atoms with Gasteiger partial charge in [0.25, 0.3) is 10.0 Å². The molecule has 0 spiro atoms. The minimum Gasteiger partial charge on any atom is -0.478 e. The van der Waals surface area contributed by atoms with E-state index < -0.39 is 16.0 Å². The molecule has 122 valence electrons. The Morgan fingerprint density at radius 1 is 1.17 bits per heavy atom. The van der Waals surface area contributed by atoms with Crippen LogP contribution in [0.4, 0.5) is 5.69 Å². The van der Waals surface area contributed by atoms with Crippen LogP contribution in [-0.4, -0.2) is 26.5 Å². The molecule has 5 nitrogen and oxygen atoms in total. The van der Waals surface area contributed by atoms with E-state index in [1.54, 1.807) is 24.3 Å². The molecule has 2 aromatic rings. The second kappa shape index (κ2) is 6.42. The number of nitrogens with zero attached hydrogens (tertiary/aromatic N) is 1. The van der Waals surface area contributed by atoms with Crippen molar-refractivity contribution in [1.82, 2.24) is 0 Å². The lowest BCUT2D eigenvalue weighted by Crippen LogP contribution is -2.27. The summed E-state index contributed by atoms with van der Waals surface area (Å²) in [5.74, 6) is -1.15. The van der Waals surface area contributed by atoms with Crippen LogP contribution >= 0.6 is 0 Å². The number of carboxylic acid groups (broad SMARTS) is 1. The normalized spacial score (nSPS) is 11.3. The monoisotopic (exact) mass is 333 g/mol. The second-order valence-electron chi connectivity index (χ2n) is 5.29. The molecule has 0 aliphatic rings. The van der Waals surface area contributed by atoms with Gasteiger partial charge in [-0.05, 0) is 48.7 Å². The number of hydrogen-bond acceptors (Lipinski definition) is 3. The summed E-state index contributed by atoms with van der Waals surface area (Å²) >= 11 is 0. The summed E-state index contributed by atoms with van der Waals surface area (Å²) in [4.78, 5) is 11.2. The molecule has 0 amide bonds. The number of aryl methyl sites for hydroxylation is 2. The number of sulfonamides is 1. The summed E-state index contributed by atoms with van der Waals surface area (Å²) in [6.45, 7) is 3.72. The summed E-state index contributed by atoms with van der Waals surface area (Å²) in [6.07, 6.45) is 0.496. The van der Waals surface area contributed by atoms with Crippen molar-refractivity contribution >= 4 is 21.7 Å². The molecule has 0 aromatic heterocycles. The van der Waals surface area contributed by atoms with Crippen molar-refractivity contribution in [2.75, 3.05) is 11.4 Å². The lowest BCUT2D eigenvalue weighted by atomic mass is 10.1. The van der Waals surface area contributed by atoms with Gasteiger partial charge in [-0.2, -0.15) is 0 Å². The molecule has 23 heavy (non-hydrogen) atoms. The van der Waals surface area contributed by atoms with E-state index in [1.165, 1.54) is 23.5 Å². The molecular formula is C17H19NO4S. The molecule has 0 bridgehead atoms. The molecule has 1 N–H and O–H groups in total. The van der Waals surface area contributed by atoms with E-state index in [0.717, 1.165) is 5.56 Å². The predicted molar refractivity (Wildman–Crippen MR) is 89.5 cm³/mol. The Morgan fingerprint density at radius 3 is 2.43 bits per heavy atom. The van der Waals surface area contributed by atoms with Gasteiger partial charge in [-0.25, -0.2) is 13.2 Å². The highest BCUT2D eigenvalue weighted by Gasteiger charge is 2.25. The summed E-state index contributed by atoms with van der Waals surface area (Å²) in [6, 6.07) is 11.3. The van der Waals surface area contributed by atoms with Crippen LogP contribution in [0.25, 0.3) is 0 Å². The summed E-state index contributed by atoms with van der Waals surface area (Å²) in [7, 11) is -2.37. The third kappa shape index (κ3) is 3.37. The highest BCUT2D eigenvalue weighted by molar-refractivity contribution is 7.92. The SMILES string of the molecule is CCc1ccc(C(=O)O)cc1S(=O)(=O)N(C)c1cccc(C)c1. The van der Waals surface area contributed by atoms with Crippen LogP contribution in [0.1, 0.15) is 28.4 Å². The second-order valence-corrected chi connectivity index (χ2v) is 7.23. The van der Waals surface area contributed by atoms with Crippen molar-refractivity contribution in [3.63, 3.8) is 0 Å². The van der Waals surface area contributed by atoms with Crippen molar-refractivity contribution in [2.45, 2.75) is 25.2 Å². The average molecular weight is 333 g/mol. The van der Waals surface area contributed by atoms with E-state index in [4.69, 9.17) is 5.11 Å². The van der Waals surface area contributed by atoms with Gasteiger partial charge in [-0.1, -0.05) is 25.1 Å². The lowest BCUT2D eigenvalue weighted by Gasteiger charge is -2.21. The molecule has 0 atom stereocenters. The zero-order valence-corrected chi connectivity index (χ0v) is 14.1. The summed E-state index contributed by atoms with van der Waals surface area (Å²) < 4.78 is 27.0. The van der Waals surface area contributed by atoms with Gasteiger partial charge in [0, 0.05) is 7.05 Å². The molecule has 0 aliphatic carbocycles. The van der Waals surface area contributed by atoms with Crippen LogP contribution < -0.4 is 4.31 Å². The molecule has 0 aliphatic heterocycles. The van der Waals surface area contributed by atoms with Crippen molar-refractivity contribution < 1.29 is 18.3 Å². The first-order valence-corrected chi connectivity index (χ1v) is 8.63. The third-order valence-electron chi connectivity index (χ3n) is 3.70. The van der Waals surface area contributed by atoms with Gasteiger partial charge in [0.15, 0.2) is 0 Å². The highest BCUT2D eigenvalue weighted by atomic mass is 32.2. The van der Waals surface area contributed by atoms with Gasteiger partial charge >= 0.3 is 5.97 Å². The van der Waals surface area contributed by atoms with E-state index in [0.29, 0.717) is 17.7 Å². The minimum atomic E-state index is -3.84. The fourth-order valence-corrected chi connectivity index (χ4v) is 3.84. The topological polar surface area (TPSA) is 74.7 Å². The number of hydrogen-bond donors (Lipinski definition) is 1.